The lowest BCUT2D eigenvalue weighted by atomic mass is 10.2. The topological polar surface area (TPSA) is 9.23 Å². The van der Waals surface area contributed by atoms with Crippen LogP contribution in [0, 0.1) is 0 Å². The average Bonchev–Trinajstić information content (AvgIpc) is 2.03. The molecule has 0 saturated heterocycles. The van der Waals surface area contributed by atoms with Crippen molar-refractivity contribution in [2.45, 2.75) is 58.4 Å². The van der Waals surface area contributed by atoms with E-state index in [9.17, 15) is 0 Å². The first-order valence-corrected chi connectivity index (χ1v) is 8.31. The maximum atomic E-state index is 5.71. The highest BCUT2D eigenvalue weighted by atomic mass is 28.3. The van der Waals surface area contributed by atoms with E-state index in [4.69, 9.17) is 4.74 Å². The zero-order chi connectivity index (χ0) is 9.40. The molecule has 0 fully saturated rings. The van der Waals surface area contributed by atoms with Crippen molar-refractivity contribution in [2.24, 2.45) is 0 Å². The molecule has 0 bridgehead atoms. The Morgan fingerprint density at radius 1 is 1.17 bits per heavy atom. The molecule has 2 heteroatoms. The van der Waals surface area contributed by atoms with E-state index in [2.05, 4.69) is 26.9 Å². The summed E-state index contributed by atoms with van der Waals surface area (Å²) >= 11 is 0. The van der Waals surface area contributed by atoms with Crippen molar-refractivity contribution < 1.29 is 4.74 Å². The van der Waals surface area contributed by atoms with Crippen LogP contribution in [0.1, 0.15) is 39.5 Å². The molecule has 0 aromatic carbocycles. The van der Waals surface area contributed by atoms with Crippen molar-refractivity contribution in [1.29, 1.82) is 0 Å². The van der Waals surface area contributed by atoms with Crippen molar-refractivity contribution in [3.8, 4) is 0 Å². The highest BCUT2D eigenvalue weighted by Gasteiger charge is 2.12. The molecule has 12 heavy (non-hydrogen) atoms. The molecule has 0 amide bonds. The van der Waals surface area contributed by atoms with Crippen molar-refractivity contribution in [3.05, 3.63) is 0 Å². The molecule has 0 aromatic heterocycles. The molecule has 0 aliphatic rings. The monoisotopic (exact) mass is 188 g/mol. The molecule has 0 radical (unpaired) electrons. The third-order valence-corrected chi connectivity index (χ3v) is 4.23. The molecule has 1 atom stereocenters. The first-order chi connectivity index (χ1) is 5.72. The number of hydrogen-bond acceptors (Lipinski definition) is 1. The predicted octanol–water partition coefficient (Wildman–Crippen LogP) is 3.00. The summed E-state index contributed by atoms with van der Waals surface area (Å²) in [6.07, 6.45) is 5.33. The largest absolute Gasteiger partial charge is 0.382 e. The number of rotatable bonds is 7. The molecular formula is C10H24OSi. The molecule has 0 saturated carbocycles. The highest BCUT2D eigenvalue weighted by molar-refractivity contribution is 6.57. The summed E-state index contributed by atoms with van der Waals surface area (Å²) < 4.78 is 5.71. The Morgan fingerprint density at radius 2 is 1.83 bits per heavy atom. The van der Waals surface area contributed by atoms with Crippen molar-refractivity contribution >= 4 is 8.80 Å². The molecule has 0 rings (SSSR count). The Morgan fingerprint density at radius 3 is 2.25 bits per heavy atom. The summed E-state index contributed by atoms with van der Waals surface area (Å²) in [6, 6.07) is 0. The normalized spacial score (nSPS) is 13.8. The molecule has 0 aromatic rings. The maximum absolute atomic E-state index is 5.71. The van der Waals surface area contributed by atoms with E-state index in [1.54, 1.807) is 0 Å². The van der Waals surface area contributed by atoms with Crippen LogP contribution in [0.2, 0.25) is 13.1 Å². The molecule has 0 aliphatic heterocycles. The lowest BCUT2D eigenvalue weighted by Crippen LogP contribution is -2.27. The van der Waals surface area contributed by atoms with Gasteiger partial charge in [-0.3, -0.25) is 0 Å². The van der Waals surface area contributed by atoms with Gasteiger partial charge in [0.05, 0.1) is 8.80 Å². The van der Waals surface area contributed by atoms with Crippen LogP contribution < -0.4 is 0 Å². The van der Waals surface area contributed by atoms with Gasteiger partial charge in [0.25, 0.3) is 0 Å². The molecule has 0 N–H and O–H groups in total. The fourth-order valence-corrected chi connectivity index (χ4v) is 2.90. The second-order valence-corrected chi connectivity index (χ2v) is 6.97. The van der Waals surface area contributed by atoms with Crippen LogP contribution in [0.4, 0.5) is 0 Å². The molecule has 1 nitrogen and oxygen atoms in total. The molecule has 1 unspecified atom stereocenters. The Balaban J connectivity index is 3.49. The van der Waals surface area contributed by atoms with Gasteiger partial charge >= 0.3 is 0 Å². The lowest BCUT2D eigenvalue weighted by molar-refractivity contribution is 0.106. The molecule has 0 aliphatic carbocycles. The van der Waals surface area contributed by atoms with E-state index in [1.165, 1.54) is 25.7 Å². The predicted molar refractivity (Wildman–Crippen MR) is 58.4 cm³/mol. The van der Waals surface area contributed by atoms with Gasteiger partial charge in [-0.25, -0.2) is 0 Å². The Hall–Kier alpha value is 0.177. The van der Waals surface area contributed by atoms with Gasteiger partial charge < -0.3 is 4.74 Å². The zero-order valence-electron chi connectivity index (χ0n) is 9.10. The van der Waals surface area contributed by atoms with Gasteiger partial charge in [-0.15, -0.1) is 0 Å². The van der Waals surface area contributed by atoms with Gasteiger partial charge in [-0.2, -0.15) is 0 Å². The lowest BCUT2D eigenvalue weighted by Gasteiger charge is -2.19. The Kier molecular flexibility index (Phi) is 7.92. The highest BCUT2D eigenvalue weighted by Crippen LogP contribution is 2.09. The summed E-state index contributed by atoms with van der Waals surface area (Å²) in [5, 5.41) is 0. The van der Waals surface area contributed by atoms with Gasteiger partial charge in [0.15, 0.2) is 0 Å². The number of unbranched alkanes of at least 4 members (excludes halogenated alkanes) is 2. The smallest absolute Gasteiger partial charge is 0.0656 e. The fourth-order valence-electron chi connectivity index (χ4n) is 1.42. The number of hydrogen-bond donors (Lipinski definition) is 0. The van der Waals surface area contributed by atoms with Crippen LogP contribution in [0.5, 0.6) is 0 Å². The van der Waals surface area contributed by atoms with Gasteiger partial charge in [0.2, 0.25) is 0 Å². The van der Waals surface area contributed by atoms with E-state index in [-0.39, 0.29) is 0 Å². The van der Waals surface area contributed by atoms with Crippen LogP contribution in [-0.4, -0.2) is 21.1 Å². The average molecular weight is 188 g/mol. The third kappa shape index (κ3) is 5.78. The first kappa shape index (κ1) is 12.2. The fraction of sp³-hybridized carbons (Fsp3) is 1.00. The minimum absolute atomic E-state index is 0.568. The van der Waals surface area contributed by atoms with Crippen LogP contribution in [0.15, 0.2) is 0 Å². The zero-order valence-corrected chi connectivity index (χ0v) is 10.3. The summed E-state index contributed by atoms with van der Waals surface area (Å²) in [4.78, 5) is 0. The van der Waals surface area contributed by atoms with E-state index in [0.29, 0.717) is 5.73 Å². The van der Waals surface area contributed by atoms with E-state index < -0.39 is 8.80 Å². The van der Waals surface area contributed by atoms with E-state index in [1.807, 2.05) is 0 Å². The maximum Gasteiger partial charge on any atom is 0.0656 e. The van der Waals surface area contributed by atoms with Gasteiger partial charge in [-0.1, -0.05) is 39.3 Å². The van der Waals surface area contributed by atoms with Crippen LogP contribution in [0.3, 0.4) is 0 Å². The summed E-state index contributed by atoms with van der Waals surface area (Å²) in [7, 11) is -0.568. The van der Waals surface area contributed by atoms with E-state index >= 15 is 0 Å². The summed E-state index contributed by atoms with van der Waals surface area (Å²) in [5.41, 5.74) is 0.626. The van der Waals surface area contributed by atoms with Gasteiger partial charge in [0, 0.05) is 12.3 Å². The summed E-state index contributed by atoms with van der Waals surface area (Å²) in [6.45, 7) is 10.0. The SMILES string of the molecule is CCCCCC(OCC)[SiH](C)C. The Bertz CT molecular complexity index is 93.8. The van der Waals surface area contributed by atoms with Crippen molar-refractivity contribution in [2.75, 3.05) is 6.61 Å². The van der Waals surface area contributed by atoms with Crippen molar-refractivity contribution in [3.63, 3.8) is 0 Å². The standard InChI is InChI=1S/C10H24OSi/c1-5-7-8-9-10(11-6-2)12(3)4/h10,12H,5-9H2,1-4H3. The minimum atomic E-state index is -0.568. The summed E-state index contributed by atoms with van der Waals surface area (Å²) in [5.74, 6) is 0. The van der Waals surface area contributed by atoms with Gasteiger partial charge in [0.1, 0.15) is 0 Å². The van der Waals surface area contributed by atoms with Crippen LogP contribution in [0.25, 0.3) is 0 Å². The molecular weight excluding hydrogens is 164 g/mol. The first-order valence-electron chi connectivity index (χ1n) is 5.33. The molecule has 0 heterocycles. The minimum Gasteiger partial charge on any atom is -0.382 e. The second-order valence-electron chi connectivity index (χ2n) is 3.73. The third-order valence-electron chi connectivity index (χ3n) is 2.22. The van der Waals surface area contributed by atoms with E-state index in [0.717, 1.165) is 6.61 Å². The van der Waals surface area contributed by atoms with Crippen molar-refractivity contribution in [1.82, 2.24) is 0 Å². The Labute approximate surface area is 79.1 Å². The van der Waals surface area contributed by atoms with Crippen LogP contribution >= 0.6 is 0 Å². The quantitative estimate of drug-likeness (QED) is 0.441. The molecule has 0 spiro atoms. The van der Waals surface area contributed by atoms with Gasteiger partial charge in [-0.05, 0) is 13.3 Å². The van der Waals surface area contributed by atoms with Crippen LogP contribution in [-0.2, 0) is 4.74 Å². The molecule has 74 valence electrons. The second kappa shape index (κ2) is 7.81. The number of ether oxygens (including phenoxy) is 1.